The highest BCUT2D eigenvalue weighted by molar-refractivity contribution is 7.80. The summed E-state index contributed by atoms with van der Waals surface area (Å²) in [5.41, 5.74) is 6.61. The molecular formula is C15H22N2O3S. The number of rotatable bonds is 7. The van der Waals surface area contributed by atoms with Crippen LogP contribution in [0.3, 0.4) is 0 Å². The van der Waals surface area contributed by atoms with Crippen molar-refractivity contribution in [3.63, 3.8) is 0 Å². The van der Waals surface area contributed by atoms with E-state index in [2.05, 4.69) is 4.90 Å². The van der Waals surface area contributed by atoms with Gasteiger partial charge in [0.2, 0.25) is 0 Å². The molecule has 1 fully saturated rings. The first-order valence-electron chi connectivity index (χ1n) is 7.12. The fourth-order valence-electron chi connectivity index (χ4n) is 2.29. The van der Waals surface area contributed by atoms with Gasteiger partial charge in [-0.1, -0.05) is 24.4 Å². The van der Waals surface area contributed by atoms with Gasteiger partial charge in [-0.15, -0.1) is 0 Å². The van der Waals surface area contributed by atoms with Gasteiger partial charge in [0.1, 0.15) is 12.4 Å². The number of hydrogen-bond donors (Lipinski definition) is 2. The Kier molecular flexibility index (Phi) is 6.38. The number of morpholine rings is 1. The average molecular weight is 310 g/mol. The largest absolute Gasteiger partial charge is 0.492 e. The van der Waals surface area contributed by atoms with Crippen molar-refractivity contribution in [1.29, 1.82) is 0 Å². The number of nitrogens with two attached hydrogens (primary N) is 1. The minimum atomic E-state index is -0.0712. The summed E-state index contributed by atoms with van der Waals surface area (Å²) in [4.78, 5) is 2.74. The van der Waals surface area contributed by atoms with Gasteiger partial charge < -0.3 is 20.3 Å². The number of ether oxygens (including phenoxy) is 2. The molecule has 0 bridgehead atoms. The minimum Gasteiger partial charge on any atom is -0.492 e. The third kappa shape index (κ3) is 5.59. The summed E-state index contributed by atoms with van der Waals surface area (Å²) in [6, 6.07) is 7.82. The summed E-state index contributed by atoms with van der Waals surface area (Å²) < 4.78 is 11.1. The average Bonchev–Trinajstić information content (AvgIpc) is 2.49. The second-order valence-electron chi connectivity index (χ2n) is 5.11. The molecule has 1 unspecified atom stereocenters. The number of nitrogens with zero attached hydrogens (tertiary/aromatic N) is 1. The lowest BCUT2D eigenvalue weighted by Gasteiger charge is -2.31. The van der Waals surface area contributed by atoms with E-state index in [-0.39, 0.29) is 12.7 Å². The predicted molar refractivity (Wildman–Crippen MR) is 85.7 cm³/mol. The van der Waals surface area contributed by atoms with Crippen LogP contribution >= 0.6 is 12.2 Å². The Labute approximate surface area is 130 Å². The molecule has 21 heavy (non-hydrogen) atoms. The van der Waals surface area contributed by atoms with Gasteiger partial charge in [-0.25, -0.2) is 0 Å². The summed E-state index contributed by atoms with van der Waals surface area (Å²) >= 11 is 4.89. The van der Waals surface area contributed by atoms with E-state index in [9.17, 15) is 0 Å². The second-order valence-corrected chi connectivity index (χ2v) is 5.64. The molecule has 116 valence electrons. The highest BCUT2D eigenvalue weighted by Crippen LogP contribution is 2.13. The predicted octanol–water partition coefficient (Wildman–Crippen LogP) is 0.587. The highest BCUT2D eigenvalue weighted by Gasteiger charge is 2.19. The molecule has 1 saturated heterocycles. The smallest absolute Gasteiger partial charge is 0.119 e. The van der Waals surface area contributed by atoms with Crippen LogP contribution in [0.25, 0.3) is 0 Å². The molecule has 3 N–H and O–H groups in total. The molecule has 6 heteroatoms. The molecule has 0 aromatic heterocycles. The zero-order valence-electron chi connectivity index (χ0n) is 12.0. The number of aliphatic hydroxyl groups excluding tert-OH is 1. The molecule has 1 aliphatic heterocycles. The van der Waals surface area contributed by atoms with E-state index in [4.69, 9.17) is 32.5 Å². The Morgan fingerprint density at radius 2 is 2.19 bits per heavy atom. The lowest BCUT2D eigenvalue weighted by molar-refractivity contribution is -0.0547. The lowest BCUT2D eigenvalue weighted by atomic mass is 10.1. The van der Waals surface area contributed by atoms with Crippen LogP contribution in [0.1, 0.15) is 5.56 Å². The molecule has 1 atom stereocenters. The fraction of sp³-hybridized carbons (Fsp3) is 0.533. The van der Waals surface area contributed by atoms with Gasteiger partial charge in [-0.05, 0) is 17.7 Å². The third-order valence-electron chi connectivity index (χ3n) is 3.40. The number of thiocarbonyl (C=S) groups is 1. The van der Waals surface area contributed by atoms with Gasteiger partial charge in [0.15, 0.2) is 0 Å². The van der Waals surface area contributed by atoms with E-state index in [0.717, 1.165) is 30.9 Å². The molecule has 1 aromatic carbocycles. The molecule has 0 amide bonds. The molecule has 0 spiro atoms. The van der Waals surface area contributed by atoms with Crippen molar-refractivity contribution in [2.45, 2.75) is 12.5 Å². The number of benzene rings is 1. The summed E-state index contributed by atoms with van der Waals surface area (Å²) in [6.07, 6.45) is 0.546. The van der Waals surface area contributed by atoms with Crippen LogP contribution in [-0.4, -0.2) is 60.6 Å². The van der Waals surface area contributed by atoms with Crippen LogP contribution < -0.4 is 10.5 Å². The van der Waals surface area contributed by atoms with Crippen molar-refractivity contribution in [2.75, 3.05) is 39.5 Å². The van der Waals surface area contributed by atoms with Crippen molar-refractivity contribution in [3.8, 4) is 5.75 Å². The molecule has 1 aromatic rings. The second kappa shape index (κ2) is 8.29. The summed E-state index contributed by atoms with van der Waals surface area (Å²) in [5.74, 6) is 0.841. The fourth-order valence-corrected chi connectivity index (χ4v) is 2.46. The SMILES string of the molecule is NC(=S)Cc1ccc(OCCN2CCOC(CO)C2)cc1. The molecule has 0 radical (unpaired) electrons. The van der Waals surface area contributed by atoms with Crippen molar-refractivity contribution < 1.29 is 14.6 Å². The normalized spacial score (nSPS) is 19.4. The molecule has 1 aliphatic rings. The zero-order valence-corrected chi connectivity index (χ0v) is 12.8. The van der Waals surface area contributed by atoms with Crippen molar-refractivity contribution >= 4 is 17.2 Å². The number of hydrogen-bond acceptors (Lipinski definition) is 5. The Morgan fingerprint density at radius 3 is 2.86 bits per heavy atom. The van der Waals surface area contributed by atoms with Gasteiger partial charge in [-0.2, -0.15) is 0 Å². The molecule has 5 nitrogen and oxygen atoms in total. The third-order valence-corrected chi connectivity index (χ3v) is 3.55. The first kappa shape index (κ1) is 16.2. The van der Waals surface area contributed by atoms with Gasteiger partial charge in [0, 0.05) is 26.1 Å². The summed E-state index contributed by atoms with van der Waals surface area (Å²) in [5, 5.41) is 9.10. The van der Waals surface area contributed by atoms with Crippen LogP contribution in [0.15, 0.2) is 24.3 Å². The first-order chi connectivity index (χ1) is 10.2. The maximum Gasteiger partial charge on any atom is 0.119 e. The van der Waals surface area contributed by atoms with Gasteiger partial charge >= 0.3 is 0 Å². The van der Waals surface area contributed by atoms with Crippen molar-refractivity contribution in [2.24, 2.45) is 5.73 Å². The van der Waals surface area contributed by atoms with E-state index in [0.29, 0.717) is 24.6 Å². The zero-order chi connectivity index (χ0) is 15.1. The molecule has 1 heterocycles. The summed E-state index contributed by atoms with van der Waals surface area (Å²) in [6.45, 7) is 3.82. The molecule has 0 saturated carbocycles. The van der Waals surface area contributed by atoms with E-state index in [1.54, 1.807) is 0 Å². The molecule has 0 aliphatic carbocycles. The van der Waals surface area contributed by atoms with Crippen LogP contribution in [0, 0.1) is 0 Å². The highest BCUT2D eigenvalue weighted by atomic mass is 32.1. The van der Waals surface area contributed by atoms with E-state index in [1.807, 2.05) is 24.3 Å². The van der Waals surface area contributed by atoms with Crippen LogP contribution in [-0.2, 0) is 11.2 Å². The van der Waals surface area contributed by atoms with Crippen molar-refractivity contribution in [1.82, 2.24) is 4.90 Å². The van der Waals surface area contributed by atoms with E-state index < -0.39 is 0 Å². The lowest BCUT2D eigenvalue weighted by Crippen LogP contribution is -2.45. The van der Waals surface area contributed by atoms with Crippen LogP contribution in [0.5, 0.6) is 5.75 Å². The number of aliphatic hydroxyl groups is 1. The quantitative estimate of drug-likeness (QED) is 0.719. The maximum absolute atomic E-state index is 9.10. The van der Waals surface area contributed by atoms with E-state index in [1.165, 1.54) is 0 Å². The Bertz CT molecular complexity index is 453. The van der Waals surface area contributed by atoms with Gasteiger partial charge in [0.05, 0.1) is 24.3 Å². The van der Waals surface area contributed by atoms with E-state index >= 15 is 0 Å². The monoisotopic (exact) mass is 310 g/mol. The van der Waals surface area contributed by atoms with Gasteiger partial charge in [-0.3, -0.25) is 4.90 Å². The maximum atomic E-state index is 9.10. The van der Waals surface area contributed by atoms with Gasteiger partial charge in [0.25, 0.3) is 0 Å². The summed E-state index contributed by atoms with van der Waals surface area (Å²) in [7, 11) is 0. The minimum absolute atomic E-state index is 0.0712. The standard InChI is InChI=1S/C15H22N2O3S/c16-15(21)9-12-1-3-13(4-2-12)19-7-5-17-6-8-20-14(10-17)11-18/h1-4,14,18H,5-11H2,(H2,16,21). The Balaban J connectivity index is 1.71. The Hall–Kier alpha value is -1.21. The molecule has 2 rings (SSSR count). The first-order valence-corrected chi connectivity index (χ1v) is 7.53. The van der Waals surface area contributed by atoms with Crippen LogP contribution in [0.4, 0.5) is 0 Å². The Morgan fingerprint density at radius 1 is 1.43 bits per heavy atom. The topological polar surface area (TPSA) is 68.0 Å². The molecular weight excluding hydrogens is 288 g/mol. The van der Waals surface area contributed by atoms with Crippen molar-refractivity contribution in [3.05, 3.63) is 29.8 Å². The van der Waals surface area contributed by atoms with Crippen LogP contribution in [0.2, 0.25) is 0 Å².